The molecule has 2 aliphatic heterocycles. The molecule has 4 rings (SSSR count). The first kappa shape index (κ1) is 13.4. The summed E-state index contributed by atoms with van der Waals surface area (Å²) in [5.41, 5.74) is 2.04. The van der Waals surface area contributed by atoms with Gasteiger partial charge in [-0.1, -0.05) is 0 Å². The summed E-state index contributed by atoms with van der Waals surface area (Å²) in [5, 5.41) is 20.3. The Kier molecular flexibility index (Phi) is 2.79. The van der Waals surface area contributed by atoms with E-state index >= 15 is 0 Å². The molecule has 1 aromatic carbocycles. The number of nitro benzene ring substituents is 1. The molecule has 3 fully saturated rings. The second-order valence-electron chi connectivity index (χ2n) is 6.41. The molecule has 1 N–H and O–H groups in total. The summed E-state index contributed by atoms with van der Waals surface area (Å²) in [6, 6.07) is 5.58. The van der Waals surface area contributed by atoms with Crippen LogP contribution in [0.1, 0.15) is 30.7 Å². The number of nitrogens with zero attached hydrogens (tertiary/aromatic N) is 3. The predicted molar refractivity (Wildman–Crippen MR) is 79.3 cm³/mol. The SMILES string of the molecule is O=C(O)N1C[C@@H]2C[C@H]1CN2c1ccc([N+](=O)[O-])c(C2CC2)c1. The van der Waals surface area contributed by atoms with E-state index in [9.17, 15) is 14.9 Å². The number of anilines is 1. The minimum atomic E-state index is -0.852. The molecular weight excluding hydrogens is 286 g/mol. The Labute approximate surface area is 127 Å². The van der Waals surface area contributed by atoms with E-state index in [1.54, 1.807) is 12.1 Å². The van der Waals surface area contributed by atoms with Gasteiger partial charge in [-0.15, -0.1) is 0 Å². The lowest BCUT2D eigenvalue weighted by Gasteiger charge is -2.34. The van der Waals surface area contributed by atoms with E-state index in [1.165, 1.54) is 4.90 Å². The third-order valence-electron chi connectivity index (χ3n) is 5.04. The fourth-order valence-electron chi connectivity index (χ4n) is 3.83. The molecule has 0 spiro atoms. The van der Waals surface area contributed by atoms with Crippen LogP contribution in [-0.4, -0.2) is 46.2 Å². The van der Waals surface area contributed by atoms with Crippen LogP contribution >= 0.6 is 0 Å². The number of hydrogen-bond acceptors (Lipinski definition) is 4. The lowest BCUT2D eigenvalue weighted by molar-refractivity contribution is -0.385. The molecule has 0 aromatic heterocycles. The van der Waals surface area contributed by atoms with E-state index in [4.69, 9.17) is 5.11 Å². The van der Waals surface area contributed by atoms with Gasteiger partial charge in [0, 0.05) is 36.4 Å². The molecule has 2 heterocycles. The monoisotopic (exact) mass is 303 g/mol. The molecule has 1 saturated carbocycles. The Hall–Kier alpha value is -2.31. The van der Waals surface area contributed by atoms with Crippen molar-refractivity contribution in [3.63, 3.8) is 0 Å². The summed E-state index contributed by atoms with van der Waals surface area (Å²) in [6.07, 6.45) is 2.03. The van der Waals surface area contributed by atoms with Crippen molar-refractivity contribution in [2.24, 2.45) is 0 Å². The Bertz CT molecular complexity index is 658. The molecule has 2 saturated heterocycles. The van der Waals surface area contributed by atoms with Gasteiger partial charge in [-0.25, -0.2) is 4.79 Å². The van der Waals surface area contributed by atoms with Gasteiger partial charge < -0.3 is 14.9 Å². The second kappa shape index (κ2) is 4.59. The van der Waals surface area contributed by atoms with Crippen molar-refractivity contribution in [3.8, 4) is 0 Å². The lowest BCUT2D eigenvalue weighted by Crippen LogP contribution is -2.48. The molecule has 2 atom stereocenters. The Morgan fingerprint density at radius 2 is 2.05 bits per heavy atom. The maximum atomic E-state index is 11.2. The molecule has 1 amide bonds. The first-order chi connectivity index (χ1) is 10.5. The van der Waals surface area contributed by atoms with Gasteiger partial charge in [-0.2, -0.15) is 0 Å². The van der Waals surface area contributed by atoms with Crippen molar-refractivity contribution in [3.05, 3.63) is 33.9 Å². The van der Waals surface area contributed by atoms with Gasteiger partial charge >= 0.3 is 6.09 Å². The number of likely N-dealkylation sites (tertiary alicyclic amines) is 1. The first-order valence-electron chi connectivity index (χ1n) is 7.59. The normalized spacial score (nSPS) is 26.5. The maximum absolute atomic E-state index is 11.2. The van der Waals surface area contributed by atoms with Crippen molar-refractivity contribution < 1.29 is 14.8 Å². The fourth-order valence-corrected chi connectivity index (χ4v) is 3.83. The van der Waals surface area contributed by atoms with Gasteiger partial charge in [0.25, 0.3) is 5.69 Å². The Morgan fingerprint density at radius 1 is 1.27 bits per heavy atom. The number of benzene rings is 1. The molecular formula is C15H17N3O4. The van der Waals surface area contributed by atoms with Crippen molar-refractivity contribution >= 4 is 17.5 Å². The van der Waals surface area contributed by atoms with Gasteiger partial charge in [0.1, 0.15) is 0 Å². The van der Waals surface area contributed by atoms with Crippen molar-refractivity contribution in [2.45, 2.75) is 37.3 Å². The molecule has 1 aromatic rings. The minimum absolute atomic E-state index is 0.0436. The van der Waals surface area contributed by atoms with Gasteiger partial charge in [0.15, 0.2) is 0 Å². The van der Waals surface area contributed by atoms with Crippen LogP contribution in [0, 0.1) is 10.1 Å². The largest absolute Gasteiger partial charge is 0.465 e. The smallest absolute Gasteiger partial charge is 0.407 e. The highest BCUT2D eigenvalue weighted by atomic mass is 16.6. The van der Waals surface area contributed by atoms with Crippen molar-refractivity contribution in [2.75, 3.05) is 18.0 Å². The quantitative estimate of drug-likeness (QED) is 0.684. The summed E-state index contributed by atoms with van der Waals surface area (Å²) >= 11 is 0. The van der Waals surface area contributed by atoms with Gasteiger partial charge in [-0.3, -0.25) is 10.1 Å². The average Bonchev–Trinajstić information content (AvgIpc) is 3.14. The van der Waals surface area contributed by atoms with Crippen LogP contribution < -0.4 is 4.90 Å². The van der Waals surface area contributed by atoms with Gasteiger partial charge in [-0.05, 0) is 37.3 Å². The highest BCUT2D eigenvalue weighted by molar-refractivity contribution is 5.68. The van der Waals surface area contributed by atoms with E-state index in [0.717, 1.165) is 30.5 Å². The number of piperazine rings is 1. The number of rotatable bonds is 3. The van der Waals surface area contributed by atoms with E-state index in [0.29, 0.717) is 19.0 Å². The van der Waals surface area contributed by atoms with Crippen LogP contribution in [-0.2, 0) is 0 Å². The summed E-state index contributed by atoms with van der Waals surface area (Å²) in [4.78, 5) is 25.7. The first-order valence-corrected chi connectivity index (χ1v) is 7.59. The summed E-state index contributed by atoms with van der Waals surface area (Å²) in [7, 11) is 0. The average molecular weight is 303 g/mol. The molecule has 1 aliphatic carbocycles. The zero-order chi connectivity index (χ0) is 15.4. The second-order valence-corrected chi connectivity index (χ2v) is 6.41. The molecule has 7 heteroatoms. The number of amides is 1. The summed E-state index contributed by atoms with van der Waals surface area (Å²) < 4.78 is 0. The van der Waals surface area contributed by atoms with Crippen LogP contribution in [0.15, 0.2) is 18.2 Å². The van der Waals surface area contributed by atoms with E-state index in [-0.39, 0.29) is 22.7 Å². The molecule has 0 unspecified atom stereocenters. The van der Waals surface area contributed by atoms with Crippen LogP contribution in [0.4, 0.5) is 16.2 Å². The maximum Gasteiger partial charge on any atom is 0.407 e. The third kappa shape index (κ3) is 2.00. The van der Waals surface area contributed by atoms with Crippen molar-refractivity contribution in [1.82, 2.24) is 4.90 Å². The number of nitro groups is 1. The predicted octanol–water partition coefficient (Wildman–Crippen LogP) is 2.41. The van der Waals surface area contributed by atoms with Gasteiger partial charge in [0.05, 0.1) is 11.0 Å². The molecule has 3 aliphatic rings. The number of carbonyl (C=O) groups is 1. The van der Waals surface area contributed by atoms with E-state index in [2.05, 4.69) is 4.90 Å². The topological polar surface area (TPSA) is 86.9 Å². The summed E-state index contributed by atoms with van der Waals surface area (Å²) in [6.45, 7) is 1.20. The highest BCUT2D eigenvalue weighted by Gasteiger charge is 2.45. The minimum Gasteiger partial charge on any atom is -0.465 e. The van der Waals surface area contributed by atoms with Crippen LogP contribution in [0.2, 0.25) is 0 Å². The van der Waals surface area contributed by atoms with E-state index in [1.807, 2.05) is 6.07 Å². The standard InChI is InChI=1S/C15H17N3O4/c19-15(20)17-8-11-5-12(17)7-16(11)10-3-4-14(18(21)22)13(6-10)9-1-2-9/h3-4,6,9,11-12H,1-2,5,7-8H2,(H,19,20)/t11-,12-/m0/s1. The number of hydrogen-bond donors (Lipinski definition) is 1. The van der Waals surface area contributed by atoms with Crippen molar-refractivity contribution in [1.29, 1.82) is 0 Å². The zero-order valence-corrected chi connectivity index (χ0v) is 12.0. The lowest BCUT2D eigenvalue weighted by atomic mass is 10.1. The fraction of sp³-hybridized carbons (Fsp3) is 0.533. The Morgan fingerprint density at radius 3 is 2.59 bits per heavy atom. The Balaban J connectivity index is 1.61. The van der Waals surface area contributed by atoms with Crippen LogP contribution in [0.5, 0.6) is 0 Å². The van der Waals surface area contributed by atoms with Crippen LogP contribution in [0.3, 0.4) is 0 Å². The molecule has 2 bridgehead atoms. The highest BCUT2D eigenvalue weighted by Crippen LogP contribution is 2.46. The summed E-state index contributed by atoms with van der Waals surface area (Å²) in [5.74, 6) is 0.315. The molecule has 116 valence electrons. The molecule has 7 nitrogen and oxygen atoms in total. The molecule has 0 radical (unpaired) electrons. The van der Waals surface area contributed by atoms with Gasteiger partial charge in [0.2, 0.25) is 0 Å². The zero-order valence-electron chi connectivity index (χ0n) is 12.0. The third-order valence-corrected chi connectivity index (χ3v) is 5.04. The van der Waals surface area contributed by atoms with E-state index < -0.39 is 6.09 Å². The van der Waals surface area contributed by atoms with Crippen LogP contribution in [0.25, 0.3) is 0 Å². The molecule has 22 heavy (non-hydrogen) atoms. The number of carboxylic acid groups (broad SMARTS) is 1. The number of fused-ring (bicyclic) bond motifs is 2.